The molecule has 1 aliphatic carbocycles. The summed E-state index contributed by atoms with van der Waals surface area (Å²) in [6, 6.07) is 3.73. The van der Waals surface area contributed by atoms with Crippen molar-refractivity contribution in [3.05, 3.63) is 28.3 Å². The van der Waals surface area contributed by atoms with E-state index in [0.29, 0.717) is 10.8 Å². The number of hydrogen-bond donors (Lipinski definition) is 0. The lowest BCUT2D eigenvalue weighted by Crippen LogP contribution is -2.33. The molecule has 0 aliphatic heterocycles. The van der Waals surface area contributed by atoms with E-state index in [-0.39, 0.29) is 0 Å². The molecule has 0 atom stereocenters. The van der Waals surface area contributed by atoms with Gasteiger partial charge in [-0.05, 0) is 37.8 Å². The van der Waals surface area contributed by atoms with Crippen molar-refractivity contribution in [2.45, 2.75) is 31.7 Å². The number of aryl methyl sites for hydroxylation is 1. The normalized spacial score (nSPS) is 16.9. The molecule has 2 rings (SSSR count). The first-order chi connectivity index (χ1) is 8.14. The minimum Gasteiger partial charge on any atom is -0.495 e. The van der Waals surface area contributed by atoms with Crippen LogP contribution < -0.4 is 4.74 Å². The third kappa shape index (κ3) is 1.86. The number of hydrogen-bond acceptors (Lipinski definition) is 3. The highest BCUT2D eigenvalue weighted by Gasteiger charge is 2.42. The highest BCUT2D eigenvalue weighted by atomic mass is 35.5. The molecule has 17 heavy (non-hydrogen) atoms. The van der Waals surface area contributed by atoms with Gasteiger partial charge < -0.3 is 4.74 Å². The number of halogens is 1. The minimum absolute atomic E-state index is 0.470. The quantitative estimate of drug-likeness (QED) is 0.610. The number of methoxy groups -OCH3 is 1. The summed E-state index contributed by atoms with van der Waals surface area (Å²) in [5.41, 5.74) is 1.51. The zero-order valence-corrected chi connectivity index (χ0v) is 10.7. The molecule has 0 heterocycles. The SMILES string of the molecule is COc1c(Cl)ccc(C)c1C1(N=C=O)CCC1. The van der Waals surface area contributed by atoms with E-state index in [1.165, 1.54) is 0 Å². The fourth-order valence-corrected chi connectivity index (χ4v) is 2.68. The van der Waals surface area contributed by atoms with E-state index in [4.69, 9.17) is 16.3 Å². The maximum atomic E-state index is 10.6. The second-order valence-electron chi connectivity index (χ2n) is 4.36. The van der Waals surface area contributed by atoms with E-state index in [2.05, 4.69) is 4.99 Å². The van der Waals surface area contributed by atoms with Gasteiger partial charge in [-0.25, -0.2) is 4.79 Å². The summed E-state index contributed by atoms with van der Waals surface area (Å²) in [5, 5.41) is 0.556. The molecule has 0 radical (unpaired) electrons. The fourth-order valence-electron chi connectivity index (χ4n) is 2.45. The van der Waals surface area contributed by atoms with Crippen LogP contribution in [0.25, 0.3) is 0 Å². The summed E-state index contributed by atoms with van der Waals surface area (Å²) in [4.78, 5) is 14.6. The fraction of sp³-hybridized carbons (Fsp3) is 0.462. The van der Waals surface area contributed by atoms with Crippen LogP contribution in [-0.4, -0.2) is 13.2 Å². The van der Waals surface area contributed by atoms with Gasteiger partial charge in [0.05, 0.1) is 12.1 Å². The summed E-state index contributed by atoms with van der Waals surface area (Å²) < 4.78 is 5.36. The molecule has 0 spiro atoms. The predicted octanol–water partition coefficient (Wildman–Crippen LogP) is 3.37. The largest absolute Gasteiger partial charge is 0.495 e. The Labute approximate surface area is 105 Å². The molecule has 1 aliphatic rings. The smallest absolute Gasteiger partial charge is 0.235 e. The Morgan fingerprint density at radius 3 is 2.65 bits per heavy atom. The van der Waals surface area contributed by atoms with Crippen LogP contribution in [-0.2, 0) is 10.3 Å². The van der Waals surface area contributed by atoms with E-state index in [1.807, 2.05) is 13.0 Å². The van der Waals surface area contributed by atoms with Crippen LogP contribution >= 0.6 is 11.6 Å². The van der Waals surface area contributed by atoms with Crippen molar-refractivity contribution < 1.29 is 9.53 Å². The molecule has 0 unspecified atom stereocenters. The summed E-state index contributed by atoms with van der Waals surface area (Å²) in [5.74, 6) is 0.630. The summed E-state index contributed by atoms with van der Waals surface area (Å²) in [7, 11) is 1.58. The van der Waals surface area contributed by atoms with Gasteiger partial charge in [-0.3, -0.25) is 0 Å². The van der Waals surface area contributed by atoms with Crippen molar-refractivity contribution in [2.75, 3.05) is 7.11 Å². The first-order valence-electron chi connectivity index (χ1n) is 5.57. The highest BCUT2D eigenvalue weighted by molar-refractivity contribution is 6.32. The number of nitrogens with zero attached hydrogens (tertiary/aromatic N) is 1. The van der Waals surface area contributed by atoms with Gasteiger partial charge in [0.15, 0.2) is 0 Å². The Balaban J connectivity index is 2.64. The van der Waals surface area contributed by atoms with Gasteiger partial charge in [-0.1, -0.05) is 17.7 Å². The number of isocyanates is 1. The monoisotopic (exact) mass is 251 g/mol. The molecule has 0 aromatic heterocycles. The Hall–Kier alpha value is -1.31. The van der Waals surface area contributed by atoms with Crippen LogP contribution in [0.4, 0.5) is 0 Å². The molecule has 1 aromatic carbocycles. The van der Waals surface area contributed by atoms with Crippen molar-refractivity contribution in [1.29, 1.82) is 0 Å². The number of rotatable bonds is 3. The second kappa shape index (κ2) is 4.52. The Bertz CT molecular complexity index is 488. The van der Waals surface area contributed by atoms with Crippen LogP contribution in [0.3, 0.4) is 0 Å². The molecular formula is C13H14ClNO2. The van der Waals surface area contributed by atoms with E-state index in [9.17, 15) is 4.79 Å². The van der Waals surface area contributed by atoms with E-state index < -0.39 is 5.54 Å². The predicted molar refractivity (Wildman–Crippen MR) is 66.4 cm³/mol. The maximum Gasteiger partial charge on any atom is 0.235 e. The molecule has 1 saturated carbocycles. The van der Waals surface area contributed by atoms with Crippen molar-refractivity contribution >= 4 is 17.7 Å². The minimum atomic E-state index is -0.470. The standard InChI is InChI=1S/C13H14ClNO2/c1-9-4-5-10(14)12(17-2)11(9)13(15-8-16)6-3-7-13/h4-5H,3,6-7H2,1-2H3. The molecule has 1 aromatic rings. The summed E-state index contributed by atoms with van der Waals surface area (Å²) in [6.45, 7) is 1.98. The van der Waals surface area contributed by atoms with Crippen LogP contribution in [0, 0.1) is 6.92 Å². The third-order valence-corrected chi connectivity index (χ3v) is 3.73. The van der Waals surface area contributed by atoms with Gasteiger partial charge in [0.2, 0.25) is 6.08 Å². The van der Waals surface area contributed by atoms with Crippen molar-refractivity contribution in [3.63, 3.8) is 0 Å². The van der Waals surface area contributed by atoms with Crippen LogP contribution in [0.2, 0.25) is 5.02 Å². The van der Waals surface area contributed by atoms with Gasteiger partial charge in [0.1, 0.15) is 11.3 Å². The lowest BCUT2D eigenvalue weighted by molar-refractivity contribution is 0.245. The molecule has 90 valence electrons. The average Bonchev–Trinajstić information content (AvgIpc) is 2.27. The zero-order valence-electron chi connectivity index (χ0n) is 9.92. The Kier molecular flexibility index (Phi) is 3.23. The Morgan fingerprint density at radius 2 is 2.18 bits per heavy atom. The van der Waals surface area contributed by atoms with Gasteiger partial charge >= 0.3 is 0 Å². The number of carbonyl (C=O) groups excluding carboxylic acids is 1. The van der Waals surface area contributed by atoms with Gasteiger partial charge in [0.25, 0.3) is 0 Å². The lowest BCUT2D eigenvalue weighted by Gasteiger charge is -2.39. The average molecular weight is 252 g/mol. The van der Waals surface area contributed by atoms with Crippen LogP contribution in [0.1, 0.15) is 30.4 Å². The maximum absolute atomic E-state index is 10.6. The lowest BCUT2D eigenvalue weighted by atomic mass is 9.70. The third-order valence-electron chi connectivity index (χ3n) is 3.43. The first kappa shape index (κ1) is 12.2. The molecule has 1 fully saturated rings. The molecule has 3 nitrogen and oxygen atoms in total. The van der Waals surface area contributed by atoms with Crippen molar-refractivity contribution in [2.24, 2.45) is 4.99 Å². The van der Waals surface area contributed by atoms with Gasteiger partial charge in [-0.2, -0.15) is 4.99 Å². The molecule has 0 amide bonds. The Morgan fingerprint density at radius 1 is 1.47 bits per heavy atom. The van der Waals surface area contributed by atoms with Crippen molar-refractivity contribution in [3.8, 4) is 5.75 Å². The topological polar surface area (TPSA) is 38.7 Å². The number of benzene rings is 1. The molecule has 0 bridgehead atoms. The molecule has 4 heteroatoms. The zero-order chi connectivity index (χ0) is 12.5. The summed E-state index contributed by atoms with van der Waals surface area (Å²) >= 11 is 6.12. The molecule has 0 saturated heterocycles. The number of ether oxygens (including phenoxy) is 1. The van der Waals surface area contributed by atoms with Gasteiger partial charge in [0, 0.05) is 5.56 Å². The van der Waals surface area contributed by atoms with Gasteiger partial charge in [-0.15, -0.1) is 0 Å². The van der Waals surface area contributed by atoms with E-state index >= 15 is 0 Å². The van der Waals surface area contributed by atoms with Crippen LogP contribution in [0.5, 0.6) is 5.75 Å². The van der Waals surface area contributed by atoms with E-state index in [0.717, 1.165) is 30.4 Å². The summed E-state index contributed by atoms with van der Waals surface area (Å²) in [6.07, 6.45) is 4.43. The van der Waals surface area contributed by atoms with E-state index in [1.54, 1.807) is 19.3 Å². The number of aliphatic imine (C=N–C) groups is 1. The van der Waals surface area contributed by atoms with Crippen LogP contribution in [0.15, 0.2) is 17.1 Å². The van der Waals surface area contributed by atoms with Crippen molar-refractivity contribution in [1.82, 2.24) is 0 Å². The second-order valence-corrected chi connectivity index (χ2v) is 4.77. The molecular weight excluding hydrogens is 238 g/mol. The highest BCUT2D eigenvalue weighted by Crippen LogP contribution is 2.50. The first-order valence-corrected chi connectivity index (χ1v) is 5.95. The molecule has 0 N–H and O–H groups in total.